The third-order valence-electron chi connectivity index (χ3n) is 7.46. The van der Waals surface area contributed by atoms with Gasteiger partial charge in [0.2, 0.25) is 5.72 Å². The van der Waals surface area contributed by atoms with Crippen LogP contribution in [-0.2, 0) is 4.79 Å². The monoisotopic (exact) mass is 544 g/mol. The van der Waals surface area contributed by atoms with Gasteiger partial charge in [-0.1, -0.05) is 30.5 Å². The SMILES string of the molecule is [2H]CN1CCC[C@@]1(Oc1cc2c(Nc3cccc(Cl)c3F)ncnc2cc1OC)C(=O)NC1(CO)CCCC1. The van der Waals surface area contributed by atoms with Gasteiger partial charge in [-0.3, -0.25) is 9.69 Å². The second-order valence-corrected chi connectivity index (χ2v) is 10.2. The molecule has 1 saturated carbocycles. The van der Waals surface area contributed by atoms with Crippen LogP contribution >= 0.6 is 11.6 Å². The lowest BCUT2D eigenvalue weighted by atomic mass is 9.97. The van der Waals surface area contributed by atoms with Crippen LogP contribution in [-0.4, -0.2) is 64.4 Å². The number of anilines is 2. The lowest BCUT2D eigenvalue weighted by Crippen LogP contribution is -2.63. The molecule has 0 unspecified atom stereocenters. The first kappa shape index (κ1) is 25.1. The second-order valence-electron chi connectivity index (χ2n) is 9.82. The summed E-state index contributed by atoms with van der Waals surface area (Å²) in [5.74, 6) is -0.124. The third-order valence-corrected chi connectivity index (χ3v) is 7.75. The van der Waals surface area contributed by atoms with Gasteiger partial charge in [0, 0.05) is 25.8 Å². The van der Waals surface area contributed by atoms with E-state index in [0.29, 0.717) is 54.7 Å². The predicted molar refractivity (Wildman–Crippen MR) is 142 cm³/mol. The molecule has 1 aliphatic heterocycles. The molecule has 2 heterocycles. The number of methoxy groups -OCH3 is 1. The van der Waals surface area contributed by atoms with E-state index in [1.54, 1.807) is 29.2 Å². The summed E-state index contributed by atoms with van der Waals surface area (Å²) in [4.78, 5) is 24.2. The van der Waals surface area contributed by atoms with E-state index in [0.717, 1.165) is 12.8 Å². The number of aromatic nitrogens is 2. The molecule has 38 heavy (non-hydrogen) atoms. The molecule has 1 amide bonds. The highest BCUT2D eigenvalue weighted by Crippen LogP contribution is 2.41. The number of fused-ring (bicyclic) bond motifs is 1. The number of rotatable bonds is 8. The number of ether oxygens (including phenoxy) is 2. The summed E-state index contributed by atoms with van der Waals surface area (Å²) in [7, 11) is 1.33. The van der Waals surface area contributed by atoms with Crippen molar-refractivity contribution < 1.29 is 25.1 Å². The number of hydrogen-bond acceptors (Lipinski definition) is 8. The van der Waals surface area contributed by atoms with Crippen LogP contribution in [0.5, 0.6) is 11.5 Å². The zero-order valence-electron chi connectivity index (χ0n) is 22.1. The van der Waals surface area contributed by atoms with E-state index in [4.69, 9.17) is 22.4 Å². The molecule has 2 fully saturated rings. The highest BCUT2D eigenvalue weighted by atomic mass is 35.5. The number of halogens is 2. The molecule has 9 nitrogen and oxygen atoms in total. The standard InChI is InChI=1S/C27H31ClFN5O4/c1-34-12-6-11-27(34,25(36)33-26(15-35)9-3-4-10-26)38-22-13-17-20(14-21(22)37-2)30-16-31-24(17)32-19-8-5-7-18(28)23(19)29/h5,7-8,13-14,16,35H,3-4,6,9-12,15H2,1-2H3,(H,33,36)(H,30,31,32)/t27-/m1/s1/i1D. The summed E-state index contributed by atoms with van der Waals surface area (Å²) in [5.41, 5.74) is -1.54. The van der Waals surface area contributed by atoms with Crippen molar-refractivity contribution in [3.05, 3.63) is 47.5 Å². The molecule has 3 aromatic rings. The number of carbonyl (C=O) groups excluding carboxylic acids is 1. The summed E-state index contributed by atoms with van der Waals surface area (Å²) in [6.07, 6.45) is 5.53. The number of nitrogens with one attached hydrogen (secondary N) is 2. The molecule has 1 aromatic heterocycles. The molecule has 1 aliphatic carbocycles. The van der Waals surface area contributed by atoms with E-state index in [1.807, 2.05) is 0 Å². The van der Waals surface area contributed by atoms with Gasteiger partial charge in [0.05, 0.1) is 35.5 Å². The fraction of sp³-hybridized carbons (Fsp3) is 0.444. The van der Waals surface area contributed by atoms with Crippen molar-refractivity contribution in [1.82, 2.24) is 20.2 Å². The largest absolute Gasteiger partial charge is 0.493 e. The minimum absolute atomic E-state index is 0.0309. The highest BCUT2D eigenvalue weighted by Gasteiger charge is 2.51. The minimum atomic E-state index is -1.48. The van der Waals surface area contributed by atoms with E-state index in [2.05, 4.69) is 20.6 Å². The maximum absolute atomic E-state index is 14.6. The van der Waals surface area contributed by atoms with Gasteiger partial charge < -0.3 is 25.2 Å². The van der Waals surface area contributed by atoms with Gasteiger partial charge in [-0.2, -0.15) is 0 Å². The van der Waals surface area contributed by atoms with Crippen molar-refractivity contribution in [1.29, 1.82) is 0 Å². The first-order valence-electron chi connectivity index (χ1n) is 13.3. The fourth-order valence-electron chi connectivity index (χ4n) is 5.29. The summed E-state index contributed by atoms with van der Waals surface area (Å²) in [6, 6.07) is 7.92. The average molecular weight is 545 g/mol. The third kappa shape index (κ3) is 4.72. The number of likely N-dealkylation sites (N-methyl/N-ethyl adjacent to an activating group) is 1. The summed E-state index contributed by atoms with van der Waals surface area (Å²) >= 11 is 5.95. The molecular weight excluding hydrogens is 513 g/mol. The Morgan fingerprint density at radius 1 is 1.24 bits per heavy atom. The van der Waals surface area contributed by atoms with Gasteiger partial charge in [0.1, 0.15) is 12.1 Å². The highest BCUT2D eigenvalue weighted by molar-refractivity contribution is 6.31. The summed E-state index contributed by atoms with van der Waals surface area (Å²) < 4.78 is 34.9. The Labute approximate surface area is 226 Å². The van der Waals surface area contributed by atoms with Gasteiger partial charge in [-0.05, 0) is 44.5 Å². The van der Waals surface area contributed by atoms with Crippen LogP contribution in [0.1, 0.15) is 39.9 Å². The Morgan fingerprint density at radius 3 is 2.79 bits per heavy atom. The molecule has 11 heteroatoms. The van der Waals surface area contributed by atoms with E-state index >= 15 is 0 Å². The fourth-order valence-corrected chi connectivity index (χ4v) is 5.47. The van der Waals surface area contributed by atoms with E-state index < -0.39 is 23.0 Å². The van der Waals surface area contributed by atoms with Crippen LogP contribution in [0.3, 0.4) is 0 Å². The number of aliphatic hydroxyl groups is 1. The average Bonchev–Trinajstić information content (AvgIpc) is 3.59. The molecule has 1 saturated heterocycles. The van der Waals surface area contributed by atoms with Crippen molar-refractivity contribution in [2.75, 3.05) is 32.6 Å². The zero-order chi connectivity index (χ0) is 27.6. The Balaban J connectivity index is 1.55. The van der Waals surface area contributed by atoms with Crippen LogP contribution in [0.25, 0.3) is 10.9 Å². The van der Waals surface area contributed by atoms with E-state index in [9.17, 15) is 14.3 Å². The first-order valence-corrected chi connectivity index (χ1v) is 12.9. The molecule has 2 aromatic carbocycles. The summed E-state index contributed by atoms with van der Waals surface area (Å²) in [5, 5.41) is 16.6. The molecule has 0 bridgehead atoms. The number of benzene rings is 2. The van der Waals surface area contributed by atoms with Crippen molar-refractivity contribution in [2.45, 2.75) is 49.8 Å². The van der Waals surface area contributed by atoms with Crippen molar-refractivity contribution in [3.8, 4) is 11.5 Å². The van der Waals surface area contributed by atoms with Crippen LogP contribution < -0.4 is 20.1 Å². The normalized spacial score (nSPS) is 21.3. The lowest BCUT2D eigenvalue weighted by Gasteiger charge is -2.39. The quantitative estimate of drug-likeness (QED) is 0.383. The maximum atomic E-state index is 14.6. The van der Waals surface area contributed by atoms with Crippen molar-refractivity contribution in [3.63, 3.8) is 0 Å². The molecule has 5 rings (SSSR count). The van der Waals surface area contributed by atoms with Gasteiger partial charge in [-0.25, -0.2) is 14.4 Å². The minimum Gasteiger partial charge on any atom is -0.493 e. The number of aliphatic hydroxyl groups excluding tert-OH is 1. The molecule has 2 aliphatic rings. The number of hydrogen-bond donors (Lipinski definition) is 3. The number of carbonyl (C=O) groups is 1. The van der Waals surface area contributed by atoms with Gasteiger partial charge in [0.15, 0.2) is 17.3 Å². The molecular formula is C27H31ClFN5O4. The molecule has 3 N–H and O–H groups in total. The Hall–Kier alpha value is -3.21. The number of nitrogens with zero attached hydrogens (tertiary/aromatic N) is 3. The zero-order valence-corrected chi connectivity index (χ0v) is 21.9. The lowest BCUT2D eigenvalue weighted by molar-refractivity contribution is -0.152. The van der Waals surface area contributed by atoms with Crippen LogP contribution in [0.4, 0.5) is 15.9 Å². The first-order chi connectivity index (χ1) is 18.8. The summed E-state index contributed by atoms with van der Waals surface area (Å²) in [6.45, 7) is 0.338. The smallest absolute Gasteiger partial charge is 0.280 e. The van der Waals surface area contributed by atoms with Crippen molar-refractivity contribution >= 4 is 39.9 Å². The van der Waals surface area contributed by atoms with Gasteiger partial charge in [0.25, 0.3) is 5.91 Å². The van der Waals surface area contributed by atoms with Gasteiger partial charge in [-0.15, -0.1) is 0 Å². The Bertz CT molecular complexity index is 1380. The predicted octanol–water partition coefficient (Wildman–Crippen LogP) is 4.40. The number of amides is 1. The van der Waals surface area contributed by atoms with Crippen LogP contribution in [0, 0.1) is 5.82 Å². The van der Waals surface area contributed by atoms with Gasteiger partial charge >= 0.3 is 0 Å². The molecule has 0 spiro atoms. The topological polar surface area (TPSA) is 109 Å². The second kappa shape index (κ2) is 10.5. The molecule has 1 atom stereocenters. The molecule has 202 valence electrons. The van der Waals surface area contributed by atoms with Crippen LogP contribution in [0.2, 0.25) is 5.02 Å². The Morgan fingerprint density at radius 2 is 2.05 bits per heavy atom. The maximum Gasteiger partial charge on any atom is 0.280 e. The number of likely N-dealkylation sites (tertiary alicyclic amines) is 1. The van der Waals surface area contributed by atoms with E-state index in [-0.39, 0.29) is 30.1 Å². The molecule has 0 radical (unpaired) electrons. The van der Waals surface area contributed by atoms with E-state index in [1.165, 1.54) is 19.5 Å². The van der Waals surface area contributed by atoms with Crippen molar-refractivity contribution in [2.24, 2.45) is 0 Å². The Kier molecular flexibility index (Phi) is 6.94. The van der Waals surface area contributed by atoms with Crippen LogP contribution in [0.15, 0.2) is 36.7 Å².